The molecule has 0 spiro atoms. The number of benzene rings is 1. The third-order valence-corrected chi connectivity index (χ3v) is 3.88. The van der Waals surface area contributed by atoms with Gasteiger partial charge in [-0.2, -0.15) is 0 Å². The van der Waals surface area contributed by atoms with Crippen LogP contribution in [0.3, 0.4) is 0 Å². The van der Waals surface area contributed by atoms with E-state index >= 15 is 0 Å². The van der Waals surface area contributed by atoms with Gasteiger partial charge in [-0.1, -0.05) is 30.3 Å². The first kappa shape index (κ1) is 15.5. The van der Waals surface area contributed by atoms with Crippen molar-refractivity contribution in [1.82, 2.24) is 14.9 Å². The van der Waals surface area contributed by atoms with Crippen molar-refractivity contribution in [3.05, 3.63) is 54.0 Å². The van der Waals surface area contributed by atoms with Gasteiger partial charge in [0.15, 0.2) is 0 Å². The van der Waals surface area contributed by atoms with E-state index in [0.29, 0.717) is 18.3 Å². The fourth-order valence-corrected chi connectivity index (χ4v) is 2.37. The van der Waals surface area contributed by atoms with Gasteiger partial charge >= 0.3 is 0 Å². The second-order valence-electron chi connectivity index (χ2n) is 6.22. The molecule has 1 aromatic heterocycles. The number of rotatable bonds is 6. The van der Waals surface area contributed by atoms with Crippen molar-refractivity contribution in [2.75, 3.05) is 5.32 Å². The van der Waals surface area contributed by atoms with Gasteiger partial charge in [-0.3, -0.25) is 4.79 Å². The lowest BCUT2D eigenvalue weighted by molar-refractivity contribution is 0.0684. The van der Waals surface area contributed by atoms with Gasteiger partial charge in [-0.25, -0.2) is 9.97 Å². The zero-order valence-corrected chi connectivity index (χ0v) is 13.6. The van der Waals surface area contributed by atoms with E-state index < -0.39 is 0 Å². The predicted molar refractivity (Wildman–Crippen MR) is 90.1 cm³/mol. The van der Waals surface area contributed by atoms with E-state index in [4.69, 9.17) is 0 Å². The number of carbonyl (C=O) groups is 1. The van der Waals surface area contributed by atoms with E-state index in [1.165, 1.54) is 12.8 Å². The SMILES string of the molecule is CC(C)N(Cc1ccccc1)C(=O)c1cnc(NC2CC2)cn1. The maximum absolute atomic E-state index is 12.7. The van der Waals surface area contributed by atoms with E-state index in [1.807, 2.05) is 49.1 Å². The summed E-state index contributed by atoms with van der Waals surface area (Å²) >= 11 is 0. The van der Waals surface area contributed by atoms with Gasteiger partial charge in [0.2, 0.25) is 0 Å². The third-order valence-electron chi connectivity index (χ3n) is 3.88. The molecule has 0 saturated heterocycles. The number of anilines is 1. The highest BCUT2D eigenvalue weighted by atomic mass is 16.2. The van der Waals surface area contributed by atoms with Gasteiger partial charge in [-0.05, 0) is 32.3 Å². The summed E-state index contributed by atoms with van der Waals surface area (Å²) < 4.78 is 0. The minimum absolute atomic E-state index is 0.0886. The summed E-state index contributed by atoms with van der Waals surface area (Å²) in [5, 5.41) is 3.28. The van der Waals surface area contributed by atoms with Gasteiger partial charge < -0.3 is 10.2 Å². The number of aromatic nitrogens is 2. The molecule has 1 heterocycles. The quantitative estimate of drug-likeness (QED) is 0.890. The monoisotopic (exact) mass is 310 g/mol. The Morgan fingerprint density at radius 3 is 2.52 bits per heavy atom. The van der Waals surface area contributed by atoms with Crippen LogP contribution in [0.15, 0.2) is 42.7 Å². The minimum Gasteiger partial charge on any atom is -0.366 e. The number of nitrogens with one attached hydrogen (secondary N) is 1. The summed E-state index contributed by atoms with van der Waals surface area (Å²) in [5.74, 6) is 0.650. The largest absolute Gasteiger partial charge is 0.366 e. The van der Waals surface area contributed by atoms with Gasteiger partial charge in [0.1, 0.15) is 11.5 Å². The average molecular weight is 310 g/mol. The van der Waals surface area contributed by atoms with Crippen LogP contribution >= 0.6 is 0 Å². The van der Waals surface area contributed by atoms with Crippen LogP contribution in [0.25, 0.3) is 0 Å². The molecule has 1 fully saturated rings. The molecule has 5 nitrogen and oxygen atoms in total. The lowest BCUT2D eigenvalue weighted by atomic mass is 10.2. The normalized spacial score (nSPS) is 13.9. The first-order valence-electron chi connectivity index (χ1n) is 8.07. The Labute approximate surface area is 136 Å². The van der Waals surface area contributed by atoms with E-state index in [9.17, 15) is 4.79 Å². The number of carbonyl (C=O) groups excluding carboxylic acids is 1. The molecule has 0 bridgehead atoms. The van der Waals surface area contributed by atoms with Crippen molar-refractivity contribution in [2.45, 2.75) is 45.3 Å². The van der Waals surface area contributed by atoms with Gasteiger partial charge in [0, 0.05) is 18.6 Å². The molecule has 1 aliphatic rings. The molecule has 5 heteroatoms. The van der Waals surface area contributed by atoms with Crippen LogP contribution in [-0.2, 0) is 6.54 Å². The van der Waals surface area contributed by atoms with Crippen molar-refractivity contribution in [2.24, 2.45) is 0 Å². The molecule has 23 heavy (non-hydrogen) atoms. The molecular formula is C18H22N4O. The van der Waals surface area contributed by atoms with Crippen molar-refractivity contribution < 1.29 is 4.79 Å². The van der Waals surface area contributed by atoms with Crippen LogP contribution in [-0.4, -0.2) is 32.9 Å². The molecule has 1 saturated carbocycles. The van der Waals surface area contributed by atoms with Crippen molar-refractivity contribution >= 4 is 11.7 Å². The Kier molecular flexibility index (Phi) is 4.55. The summed E-state index contributed by atoms with van der Waals surface area (Å²) in [5.41, 5.74) is 1.49. The maximum Gasteiger partial charge on any atom is 0.274 e. The van der Waals surface area contributed by atoms with Crippen LogP contribution < -0.4 is 5.32 Å². The fourth-order valence-electron chi connectivity index (χ4n) is 2.37. The molecular weight excluding hydrogens is 288 g/mol. The standard InChI is InChI=1S/C18H22N4O/c1-13(2)22(12-14-6-4-3-5-7-14)18(23)16-10-20-17(11-19-16)21-15-8-9-15/h3-7,10-11,13,15H,8-9,12H2,1-2H3,(H,20,21). The molecule has 1 aromatic carbocycles. The van der Waals surface area contributed by atoms with Gasteiger partial charge in [0.05, 0.1) is 12.4 Å². The highest BCUT2D eigenvalue weighted by Crippen LogP contribution is 2.23. The number of hydrogen-bond acceptors (Lipinski definition) is 4. The highest BCUT2D eigenvalue weighted by molar-refractivity contribution is 5.92. The van der Waals surface area contributed by atoms with Crippen molar-refractivity contribution in [3.8, 4) is 0 Å². The Morgan fingerprint density at radius 1 is 1.22 bits per heavy atom. The zero-order chi connectivity index (χ0) is 16.2. The molecule has 0 atom stereocenters. The summed E-state index contributed by atoms with van der Waals surface area (Å²) in [6.07, 6.45) is 5.57. The zero-order valence-electron chi connectivity index (χ0n) is 13.6. The number of amides is 1. The van der Waals surface area contributed by atoms with Crippen molar-refractivity contribution in [3.63, 3.8) is 0 Å². The first-order chi connectivity index (χ1) is 11.1. The Hall–Kier alpha value is -2.43. The molecule has 0 unspecified atom stereocenters. The number of hydrogen-bond donors (Lipinski definition) is 1. The van der Waals surface area contributed by atoms with Crippen LogP contribution in [0.4, 0.5) is 5.82 Å². The Bertz CT molecular complexity index is 650. The molecule has 3 rings (SSSR count). The second kappa shape index (κ2) is 6.77. The first-order valence-corrected chi connectivity index (χ1v) is 8.07. The maximum atomic E-state index is 12.7. The van der Waals surface area contributed by atoms with E-state index in [1.54, 1.807) is 12.4 Å². The second-order valence-corrected chi connectivity index (χ2v) is 6.22. The summed E-state index contributed by atoms with van der Waals surface area (Å²) in [6.45, 7) is 4.59. The predicted octanol–water partition coefficient (Wildman–Crippen LogP) is 3.10. The Morgan fingerprint density at radius 2 is 1.96 bits per heavy atom. The fraction of sp³-hybridized carbons (Fsp3) is 0.389. The Balaban J connectivity index is 1.72. The molecule has 1 amide bonds. The molecule has 2 aromatic rings. The highest BCUT2D eigenvalue weighted by Gasteiger charge is 2.23. The minimum atomic E-state index is -0.0886. The molecule has 1 N–H and O–H groups in total. The van der Waals surface area contributed by atoms with Gasteiger partial charge in [-0.15, -0.1) is 0 Å². The van der Waals surface area contributed by atoms with Crippen LogP contribution in [0.2, 0.25) is 0 Å². The molecule has 120 valence electrons. The smallest absolute Gasteiger partial charge is 0.274 e. The van der Waals surface area contributed by atoms with E-state index in [0.717, 1.165) is 11.4 Å². The molecule has 1 aliphatic carbocycles. The molecule has 0 radical (unpaired) electrons. The summed E-state index contributed by atoms with van der Waals surface area (Å²) in [6, 6.07) is 10.6. The van der Waals surface area contributed by atoms with E-state index in [2.05, 4.69) is 15.3 Å². The topological polar surface area (TPSA) is 58.1 Å². The van der Waals surface area contributed by atoms with Crippen molar-refractivity contribution in [1.29, 1.82) is 0 Å². The lowest BCUT2D eigenvalue weighted by Gasteiger charge is -2.26. The van der Waals surface area contributed by atoms with Crippen LogP contribution in [0.1, 0.15) is 42.7 Å². The summed E-state index contributed by atoms with van der Waals surface area (Å²) in [4.78, 5) is 23.1. The molecule has 0 aliphatic heterocycles. The third kappa shape index (κ3) is 4.06. The van der Waals surface area contributed by atoms with Gasteiger partial charge in [0.25, 0.3) is 5.91 Å². The average Bonchev–Trinajstić information content (AvgIpc) is 3.37. The summed E-state index contributed by atoms with van der Waals surface area (Å²) in [7, 11) is 0. The van der Waals surface area contributed by atoms with E-state index in [-0.39, 0.29) is 11.9 Å². The van der Waals surface area contributed by atoms with Crippen LogP contribution in [0.5, 0.6) is 0 Å². The van der Waals surface area contributed by atoms with Crippen LogP contribution in [0, 0.1) is 0 Å². The number of nitrogens with zero attached hydrogens (tertiary/aromatic N) is 3. The lowest BCUT2D eigenvalue weighted by Crippen LogP contribution is -2.37.